The molecule has 1 saturated carbocycles. The van der Waals surface area contributed by atoms with E-state index in [0.29, 0.717) is 0 Å². The molecule has 0 aromatic rings. The van der Waals surface area contributed by atoms with Gasteiger partial charge in [-0.15, -0.1) is 0 Å². The van der Waals surface area contributed by atoms with E-state index in [9.17, 15) is 0 Å². The topological polar surface area (TPSA) is 27.7 Å². The van der Waals surface area contributed by atoms with Crippen molar-refractivity contribution < 1.29 is 13.1 Å². The molecule has 0 aliphatic heterocycles. The third kappa shape index (κ3) is 5.50. The van der Waals surface area contributed by atoms with E-state index in [-0.39, 0.29) is 11.0 Å². The van der Waals surface area contributed by atoms with Crippen LogP contribution in [0.3, 0.4) is 0 Å². The van der Waals surface area contributed by atoms with Gasteiger partial charge in [-0.25, -0.2) is 0 Å². The van der Waals surface area contributed by atoms with E-state index in [2.05, 4.69) is 49.3 Å². The van der Waals surface area contributed by atoms with Crippen molar-refractivity contribution in [1.82, 2.24) is 0 Å². The van der Waals surface area contributed by atoms with E-state index in [0.717, 1.165) is 38.9 Å². The highest BCUT2D eigenvalue weighted by atomic mass is 127. The first-order chi connectivity index (χ1) is 8.10. The highest BCUT2D eigenvalue weighted by Crippen LogP contribution is 2.44. The van der Waals surface area contributed by atoms with Crippen LogP contribution in [0.1, 0.15) is 32.6 Å². The fourth-order valence-corrected chi connectivity index (χ4v) is 3.49. The molecule has 0 aromatic heterocycles. The van der Waals surface area contributed by atoms with Crippen LogP contribution in [0.15, 0.2) is 0 Å². The van der Waals surface area contributed by atoms with Crippen LogP contribution < -0.4 is 0 Å². The molecule has 3 nitrogen and oxygen atoms in total. The molecule has 0 atom stereocenters. The summed E-state index contributed by atoms with van der Waals surface area (Å²) >= 11 is 4.33. The Morgan fingerprint density at radius 3 is 1.82 bits per heavy atom. The summed E-state index contributed by atoms with van der Waals surface area (Å²) in [5, 5.41) is 0. The molecular weight excluding hydrogens is 486 g/mol. The summed E-state index contributed by atoms with van der Waals surface area (Å²) in [6, 6.07) is 0. The summed E-state index contributed by atoms with van der Waals surface area (Å²) in [5.41, 5.74) is 0.201. The molecule has 102 valence electrons. The van der Waals surface area contributed by atoms with E-state index < -0.39 is 0 Å². The second-order valence-electron chi connectivity index (χ2n) is 4.80. The van der Waals surface area contributed by atoms with Crippen molar-refractivity contribution in [1.29, 1.82) is 0 Å². The molecule has 0 unspecified atom stereocenters. The number of rotatable bonds is 7. The van der Waals surface area contributed by atoms with Gasteiger partial charge in [0.1, 0.15) is 0 Å². The van der Waals surface area contributed by atoms with Gasteiger partial charge >= 0.3 is 0 Å². The van der Waals surface area contributed by atoms with Gasteiger partial charge in [0, 0.05) is 54.9 Å². The maximum atomic E-state index is 5.59. The zero-order chi connectivity index (χ0) is 12.8. The van der Waals surface area contributed by atoms with Crippen molar-refractivity contribution in [3.8, 4) is 0 Å². The first kappa shape index (κ1) is 17.1. The fourth-order valence-electron chi connectivity index (χ4n) is 2.14. The zero-order valence-electron chi connectivity index (χ0n) is 10.0. The van der Waals surface area contributed by atoms with E-state index >= 15 is 0 Å². The summed E-state index contributed by atoms with van der Waals surface area (Å²) in [7, 11) is 4.62. The second kappa shape index (κ2) is 8.35. The summed E-state index contributed by atoms with van der Waals surface area (Å²) < 4.78 is 16.7. The van der Waals surface area contributed by atoms with E-state index in [1.165, 1.54) is 18.4 Å². The molecule has 0 heterocycles. The van der Waals surface area contributed by atoms with Gasteiger partial charge in [0.05, 0.1) is 37.2 Å². The average molecular weight is 504 g/mol. The number of hydrogen-bond donors (Lipinski definition) is 0. The van der Waals surface area contributed by atoms with Crippen molar-refractivity contribution in [2.24, 2.45) is 5.41 Å². The van der Waals surface area contributed by atoms with E-state index in [4.69, 9.17) is 13.1 Å². The summed E-state index contributed by atoms with van der Waals surface area (Å²) in [6.07, 6.45) is 4.36. The first-order valence-electron chi connectivity index (χ1n) is 5.45. The predicted octanol–water partition coefficient (Wildman–Crippen LogP) is 4.98. The zero-order valence-corrected chi connectivity index (χ0v) is 16.0. The van der Waals surface area contributed by atoms with Crippen molar-refractivity contribution >= 4 is 60.8 Å². The summed E-state index contributed by atoms with van der Waals surface area (Å²) in [4.78, 5) is 0. The lowest BCUT2D eigenvalue weighted by Crippen LogP contribution is -2.42. The van der Waals surface area contributed by atoms with Gasteiger partial charge in [-0.2, -0.15) is 0 Å². The Kier molecular flexibility index (Phi) is 8.40. The lowest BCUT2D eigenvalue weighted by molar-refractivity contribution is -0.0693. The number of hydrogen-bond acceptors (Lipinski definition) is 5. The van der Waals surface area contributed by atoms with Crippen LogP contribution in [-0.4, -0.2) is 25.9 Å². The number of methoxy groups -OCH3 is 1. The Morgan fingerprint density at radius 2 is 1.47 bits per heavy atom. The van der Waals surface area contributed by atoms with Gasteiger partial charge in [-0.05, 0) is 32.6 Å². The minimum atomic E-state index is 0.0401. The Hall–Kier alpha value is 2.04. The molecule has 1 aliphatic rings. The molecule has 0 N–H and O–H groups in total. The molecule has 0 amide bonds. The number of halogens is 2. The third-order valence-corrected chi connectivity index (χ3v) is 5.62. The van der Waals surface area contributed by atoms with Crippen LogP contribution in [0.5, 0.6) is 0 Å². The first-order valence-corrected chi connectivity index (χ1v) is 12.0. The Labute approximate surface area is 136 Å². The maximum absolute atomic E-state index is 5.59. The molecule has 0 saturated heterocycles. The van der Waals surface area contributed by atoms with Gasteiger partial charge in [0.15, 0.2) is 0 Å². The van der Waals surface area contributed by atoms with Crippen LogP contribution >= 0.6 is 60.8 Å². The van der Waals surface area contributed by atoms with Gasteiger partial charge < -0.3 is 13.1 Å². The highest BCUT2D eigenvalue weighted by Gasteiger charge is 2.41. The maximum Gasteiger partial charge on any atom is 0.0702 e. The molecule has 0 bridgehead atoms. The summed E-state index contributed by atoms with van der Waals surface area (Å²) in [6.45, 7) is 3.72. The quantitative estimate of drug-likeness (QED) is 0.361. The summed E-state index contributed by atoms with van der Waals surface area (Å²) in [5.74, 6) is 0. The van der Waals surface area contributed by atoms with Crippen LogP contribution in [-0.2, 0) is 13.1 Å². The van der Waals surface area contributed by atoms with E-state index in [1.807, 2.05) is 0 Å². The minimum Gasteiger partial charge on any atom is -0.379 e. The van der Waals surface area contributed by atoms with Crippen molar-refractivity contribution in [3.05, 3.63) is 0 Å². The molecule has 7 heteroatoms. The molecule has 1 rings (SSSR count). The number of ether oxygens (including phenoxy) is 1. The van der Waals surface area contributed by atoms with Crippen LogP contribution in [0.2, 0.25) is 0 Å². The monoisotopic (exact) mass is 504 g/mol. The largest absolute Gasteiger partial charge is 0.379 e. The molecule has 17 heavy (non-hydrogen) atoms. The Morgan fingerprint density at radius 1 is 1.00 bits per heavy atom. The molecular formula is C10H18I2O3S2. The van der Waals surface area contributed by atoms with Crippen LogP contribution in [0.4, 0.5) is 0 Å². The molecule has 0 aromatic carbocycles. The third-order valence-electron chi connectivity index (χ3n) is 3.68. The van der Waals surface area contributed by atoms with Crippen LogP contribution in [0.25, 0.3) is 0 Å². The molecule has 0 spiro atoms. The fraction of sp³-hybridized carbons (Fsp3) is 1.00. The predicted molar refractivity (Wildman–Crippen MR) is 91.4 cm³/mol. The van der Waals surface area contributed by atoms with Gasteiger partial charge in [0.2, 0.25) is 0 Å². The average Bonchev–Trinajstić information content (AvgIpc) is 2.37. The van der Waals surface area contributed by atoms with Gasteiger partial charge in [0.25, 0.3) is 0 Å². The second-order valence-corrected chi connectivity index (χ2v) is 7.69. The lowest BCUT2D eigenvalue weighted by Gasteiger charge is -2.43. The molecule has 1 aliphatic carbocycles. The van der Waals surface area contributed by atoms with Gasteiger partial charge in [-0.3, -0.25) is 0 Å². The Balaban J connectivity index is 2.54. The standard InChI is InChI=1S/C10H18I2O3S2/c1-9(13-2)3-5-10(6-4-9,7-14-16-11)8-15-17-12/h3-8H2,1-2H3. The molecule has 0 radical (unpaired) electrons. The van der Waals surface area contributed by atoms with Crippen molar-refractivity contribution in [2.75, 3.05) is 20.3 Å². The van der Waals surface area contributed by atoms with Crippen molar-refractivity contribution in [2.45, 2.75) is 38.2 Å². The van der Waals surface area contributed by atoms with Crippen molar-refractivity contribution in [3.63, 3.8) is 0 Å². The molecule has 1 fully saturated rings. The van der Waals surface area contributed by atoms with E-state index in [1.54, 1.807) is 7.11 Å². The van der Waals surface area contributed by atoms with Gasteiger partial charge in [-0.1, -0.05) is 0 Å². The smallest absolute Gasteiger partial charge is 0.0702 e. The SMILES string of the molecule is COC1(C)CCC(COSI)(COSI)CC1. The minimum absolute atomic E-state index is 0.0401. The Bertz CT molecular complexity index is 214. The lowest BCUT2D eigenvalue weighted by atomic mass is 9.70. The highest BCUT2D eigenvalue weighted by molar-refractivity contribution is 14.2. The normalized spacial score (nSPS) is 22.6. The van der Waals surface area contributed by atoms with Crippen LogP contribution in [0, 0.1) is 5.41 Å².